The van der Waals surface area contributed by atoms with Crippen molar-refractivity contribution < 1.29 is 4.79 Å². The lowest BCUT2D eigenvalue weighted by atomic mass is 10.2. The van der Waals surface area contributed by atoms with Crippen LogP contribution < -0.4 is 5.32 Å². The van der Waals surface area contributed by atoms with Crippen molar-refractivity contribution in [2.75, 3.05) is 25.0 Å². The van der Waals surface area contributed by atoms with Gasteiger partial charge in [0.1, 0.15) is 0 Å². The lowest BCUT2D eigenvalue weighted by molar-refractivity contribution is -0.130. The zero-order chi connectivity index (χ0) is 13.5. The second kappa shape index (κ2) is 7.41. The molecule has 4 heteroatoms. The van der Waals surface area contributed by atoms with E-state index in [2.05, 4.69) is 40.3 Å². The number of hydrogen-bond acceptors (Lipinski definition) is 2. The summed E-state index contributed by atoms with van der Waals surface area (Å²) in [7, 11) is 0. The average molecular weight is 313 g/mol. The van der Waals surface area contributed by atoms with E-state index >= 15 is 0 Å². The van der Waals surface area contributed by atoms with Gasteiger partial charge in [-0.3, -0.25) is 4.79 Å². The molecule has 1 amide bonds. The van der Waals surface area contributed by atoms with E-state index in [1.54, 1.807) is 0 Å². The molecule has 0 fully saturated rings. The molecular weight excluding hydrogens is 292 g/mol. The number of nitrogens with zero attached hydrogens (tertiary/aromatic N) is 1. The SMILES string of the molecule is CCN(CC)C(=O)CCNc1ccc(C)cc1Br. The molecule has 0 radical (unpaired) electrons. The van der Waals surface area contributed by atoms with Gasteiger partial charge in [-0.2, -0.15) is 0 Å². The van der Waals surface area contributed by atoms with Crippen LogP contribution in [0.25, 0.3) is 0 Å². The van der Waals surface area contributed by atoms with Crippen molar-refractivity contribution in [1.29, 1.82) is 0 Å². The molecule has 0 atom stereocenters. The van der Waals surface area contributed by atoms with Crippen molar-refractivity contribution in [3.63, 3.8) is 0 Å². The number of rotatable bonds is 6. The van der Waals surface area contributed by atoms with E-state index in [-0.39, 0.29) is 5.91 Å². The van der Waals surface area contributed by atoms with Crippen molar-refractivity contribution in [1.82, 2.24) is 4.90 Å². The Bertz CT molecular complexity index is 403. The van der Waals surface area contributed by atoms with E-state index in [9.17, 15) is 4.79 Å². The molecule has 1 rings (SSSR count). The van der Waals surface area contributed by atoms with Gasteiger partial charge in [-0.25, -0.2) is 0 Å². The Kier molecular flexibility index (Phi) is 6.19. The lowest BCUT2D eigenvalue weighted by Gasteiger charge is -2.18. The number of hydrogen-bond donors (Lipinski definition) is 1. The van der Waals surface area contributed by atoms with Gasteiger partial charge in [0.25, 0.3) is 0 Å². The molecule has 1 aromatic rings. The van der Waals surface area contributed by atoms with E-state index in [1.807, 2.05) is 24.8 Å². The predicted octanol–water partition coefficient (Wildman–Crippen LogP) is 3.43. The molecule has 0 aromatic heterocycles. The Morgan fingerprint density at radius 1 is 1.33 bits per heavy atom. The van der Waals surface area contributed by atoms with Crippen LogP contribution in [0.15, 0.2) is 22.7 Å². The second-order valence-electron chi connectivity index (χ2n) is 4.23. The summed E-state index contributed by atoms with van der Waals surface area (Å²) in [6, 6.07) is 6.15. The molecule has 0 bridgehead atoms. The number of carbonyl (C=O) groups excluding carboxylic acids is 1. The first-order valence-electron chi connectivity index (χ1n) is 6.36. The zero-order valence-corrected chi connectivity index (χ0v) is 12.9. The van der Waals surface area contributed by atoms with Crippen LogP contribution >= 0.6 is 15.9 Å². The summed E-state index contributed by atoms with van der Waals surface area (Å²) in [5, 5.41) is 3.28. The van der Waals surface area contributed by atoms with Crippen LogP contribution in [0.2, 0.25) is 0 Å². The molecule has 0 saturated carbocycles. The van der Waals surface area contributed by atoms with Crippen LogP contribution in [0.4, 0.5) is 5.69 Å². The summed E-state index contributed by atoms with van der Waals surface area (Å²) in [6.45, 7) is 8.29. The van der Waals surface area contributed by atoms with Gasteiger partial charge in [0.2, 0.25) is 5.91 Å². The van der Waals surface area contributed by atoms with Gasteiger partial charge in [0, 0.05) is 36.2 Å². The van der Waals surface area contributed by atoms with E-state index in [0.717, 1.165) is 23.2 Å². The standard InChI is InChI=1S/C14H21BrN2O/c1-4-17(5-2)14(18)8-9-16-13-7-6-11(3)10-12(13)15/h6-7,10,16H,4-5,8-9H2,1-3H3. The number of nitrogens with one attached hydrogen (secondary N) is 1. The number of anilines is 1. The molecule has 0 aliphatic carbocycles. The molecule has 1 aromatic carbocycles. The van der Waals surface area contributed by atoms with Crippen LogP contribution in [0.5, 0.6) is 0 Å². The van der Waals surface area contributed by atoms with E-state index in [4.69, 9.17) is 0 Å². The molecule has 0 spiro atoms. The smallest absolute Gasteiger partial charge is 0.224 e. The third-order valence-corrected chi connectivity index (χ3v) is 3.55. The minimum Gasteiger partial charge on any atom is -0.384 e. The number of amides is 1. The third kappa shape index (κ3) is 4.33. The van der Waals surface area contributed by atoms with Gasteiger partial charge < -0.3 is 10.2 Å². The summed E-state index contributed by atoms with van der Waals surface area (Å²) in [6.07, 6.45) is 0.530. The fourth-order valence-corrected chi connectivity index (χ4v) is 2.44. The van der Waals surface area contributed by atoms with Crippen molar-refractivity contribution in [3.8, 4) is 0 Å². The summed E-state index contributed by atoms with van der Waals surface area (Å²) in [4.78, 5) is 13.7. The topological polar surface area (TPSA) is 32.3 Å². The van der Waals surface area contributed by atoms with Crippen molar-refractivity contribution >= 4 is 27.5 Å². The van der Waals surface area contributed by atoms with Gasteiger partial charge in [0.05, 0.1) is 0 Å². The number of carbonyl (C=O) groups is 1. The number of benzene rings is 1. The Balaban J connectivity index is 2.44. The molecule has 0 saturated heterocycles. The first-order chi connectivity index (χ1) is 8.58. The van der Waals surface area contributed by atoms with Gasteiger partial charge in [-0.15, -0.1) is 0 Å². The number of aryl methyl sites for hydroxylation is 1. The molecule has 18 heavy (non-hydrogen) atoms. The Morgan fingerprint density at radius 3 is 2.56 bits per heavy atom. The maximum absolute atomic E-state index is 11.8. The maximum atomic E-state index is 11.8. The van der Waals surface area contributed by atoms with E-state index < -0.39 is 0 Å². The molecule has 0 heterocycles. The first kappa shape index (κ1) is 15.0. The minimum atomic E-state index is 0.204. The quantitative estimate of drug-likeness (QED) is 0.873. The highest BCUT2D eigenvalue weighted by Crippen LogP contribution is 2.23. The van der Waals surface area contributed by atoms with Crippen LogP contribution in [0.1, 0.15) is 25.8 Å². The van der Waals surface area contributed by atoms with Crippen LogP contribution in [0.3, 0.4) is 0 Å². The van der Waals surface area contributed by atoms with Gasteiger partial charge in [-0.1, -0.05) is 6.07 Å². The maximum Gasteiger partial charge on any atom is 0.224 e. The Morgan fingerprint density at radius 2 is 2.00 bits per heavy atom. The number of halogens is 1. The molecule has 1 N–H and O–H groups in total. The molecule has 0 aliphatic heterocycles. The van der Waals surface area contributed by atoms with Crippen molar-refractivity contribution in [2.45, 2.75) is 27.2 Å². The predicted molar refractivity (Wildman–Crippen MR) is 79.9 cm³/mol. The minimum absolute atomic E-state index is 0.204. The highest BCUT2D eigenvalue weighted by molar-refractivity contribution is 9.10. The van der Waals surface area contributed by atoms with E-state index in [1.165, 1.54) is 5.56 Å². The van der Waals surface area contributed by atoms with Gasteiger partial charge in [-0.05, 0) is 54.4 Å². The Labute approximate surface area is 118 Å². The summed E-state index contributed by atoms with van der Waals surface area (Å²) in [5.74, 6) is 0.204. The van der Waals surface area contributed by atoms with Crippen LogP contribution in [0, 0.1) is 6.92 Å². The average Bonchev–Trinajstić information content (AvgIpc) is 2.33. The normalized spacial score (nSPS) is 10.2. The van der Waals surface area contributed by atoms with Crippen molar-refractivity contribution in [3.05, 3.63) is 28.2 Å². The van der Waals surface area contributed by atoms with Gasteiger partial charge in [0.15, 0.2) is 0 Å². The third-order valence-electron chi connectivity index (χ3n) is 2.90. The van der Waals surface area contributed by atoms with Crippen LogP contribution in [-0.4, -0.2) is 30.4 Å². The van der Waals surface area contributed by atoms with Crippen molar-refractivity contribution in [2.24, 2.45) is 0 Å². The highest BCUT2D eigenvalue weighted by atomic mass is 79.9. The Hall–Kier alpha value is -1.03. The fourth-order valence-electron chi connectivity index (χ4n) is 1.80. The summed E-state index contributed by atoms with van der Waals surface area (Å²) in [5.41, 5.74) is 2.25. The van der Waals surface area contributed by atoms with Crippen LogP contribution in [-0.2, 0) is 4.79 Å². The first-order valence-corrected chi connectivity index (χ1v) is 7.15. The monoisotopic (exact) mass is 312 g/mol. The fraction of sp³-hybridized carbons (Fsp3) is 0.500. The summed E-state index contributed by atoms with van der Waals surface area (Å²) >= 11 is 3.51. The zero-order valence-electron chi connectivity index (χ0n) is 11.3. The lowest BCUT2D eigenvalue weighted by Crippen LogP contribution is -2.31. The largest absolute Gasteiger partial charge is 0.384 e. The molecular formula is C14H21BrN2O. The molecule has 3 nitrogen and oxygen atoms in total. The molecule has 0 aliphatic rings. The molecule has 100 valence electrons. The second-order valence-corrected chi connectivity index (χ2v) is 5.08. The molecule has 0 unspecified atom stereocenters. The summed E-state index contributed by atoms with van der Waals surface area (Å²) < 4.78 is 1.04. The van der Waals surface area contributed by atoms with Gasteiger partial charge >= 0.3 is 0 Å². The highest BCUT2D eigenvalue weighted by Gasteiger charge is 2.08. The van der Waals surface area contributed by atoms with E-state index in [0.29, 0.717) is 13.0 Å².